The summed E-state index contributed by atoms with van der Waals surface area (Å²) >= 11 is 2.04. The molecule has 0 atom stereocenters. The maximum absolute atomic E-state index is 13.5. The van der Waals surface area contributed by atoms with Crippen molar-refractivity contribution in [3.63, 3.8) is 0 Å². The van der Waals surface area contributed by atoms with E-state index in [1.54, 1.807) is 48.5 Å². The normalized spacial score (nSPS) is 11.9. The molecule has 0 unspecified atom stereocenters. The van der Waals surface area contributed by atoms with E-state index in [4.69, 9.17) is 11.5 Å². The summed E-state index contributed by atoms with van der Waals surface area (Å²) < 4.78 is 73.0. The number of nitrogens with one attached hydrogen (secondary N) is 4. The molecule has 486 valence electrons. The van der Waals surface area contributed by atoms with Gasteiger partial charge in [-0.25, -0.2) is 0 Å². The standard InChI is InChI=1S/C59H57N17O13S5/c1-7-75(8-2)37-17-19-43(71-73-55-41(29-60)49(93(84,85)86)47(91-55)27-39(31(5)78)53(82)64-35-15-11-13-33(23-35)51(62)80)45(25-37)66-57-68-58(70-59(69-57)90-22-21-77)67-46-26-38(76(9-3)10-4)18-20-44(46)72-74-56-42(30-61)50(94(87,88)89)48(92-56)28-40(32(6)79)54(83)65-36-16-12-14-34(24-36)52(63)81/h11-20,23-28,77H,7-10,21-22H2,1-6H3,(H2,62,80)(H2,63,81)(H,64,82)(H,65,83)(H,84,85,86)(H,87,88,89)(H2,66,67,68,69,70)/b39-27-,40-28+,73-71?,74-72?. The summed E-state index contributed by atoms with van der Waals surface area (Å²) in [5, 5.41) is 58.5. The van der Waals surface area contributed by atoms with Crippen molar-refractivity contribution in [3.8, 4) is 12.1 Å². The average Bonchev–Trinajstić information content (AvgIpc) is 1.69. The second kappa shape index (κ2) is 31.2. The molecule has 0 fully saturated rings. The molecule has 7 aromatic rings. The Morgan fingerprint density at radius 3 is 1.33 bits per heavy atom. The van der Waals surface area contributed by atoms with Crippen molar-refractivity contribution < 1.29 is 59.8 Å². The van der Waals surface area contributed by atoms with Gasteiger partial charge in [-0.2, -0.15) is 42.3 Å². The zero-order valence-electron chi connectivity index (χ0n) is 50.5. The van der Waals surface area contributed by atoms with Crippen LogP contribution < -0.4 is 42.5 Å². The second-order valence-electron chi connectivity index (χ2n) is 19.4. The third kappa shape index (κ3) is 17.5. The molecule has 3 heterocycles. The number of azo groups is 2. The highest BCUT2D eigenvalue weighted by molar-refractivity contribution is 7.99. The van der Waals surface area contributed by atoms with E-state index < -0.39 is 97.2 Å². The number of ketones is 2. The van der Waals surface area contributed by atoms with Gasteiger partial charge in [0.25, 0.3) is 32.1 Å². The molecule has 35 heteroatoms. The number of primary amides is 2. The minimum atomic E-state index is -5.27. The number of carbonyl (C=O) groups is 6. The second-order valence-corrected chi connectivity index (χ2v) is 25.2. The first kappa shape index (κ1) is 70.9. The molecule has 0 aliphatic rings. The van der Waals surface area contributed by atoms with Crippen molar-refractivity contribution in [2.24, 2.45) is 31.9 Å². The van der Waals surface area contributed by atoms with Crippen LogP contribution in [0.4, 0.5) is 67.4 Å². The van der Waals surface area contributed by atoms with Gasteiger partial charge >= 0.3 is 0 Å². The van der Waals surface area contributed by atoms with Gasteiger partial charge < -0.3 is 47.6 Å². The van der Waals surface area contributed by atoms with Crippen molar-refractivity contribution in [2.75, 3.05) is 69.6 Å². The highest BCUT2D eigenvalue weighted by atomic mass is 32.2. The van der Waals surface area contributed by atoms with Gasteiger partial charge in [-0.3, -0.25) is 37.9 Å². The zero-order chi connectivity index (χ0) is 68.8. The first-order valence-electron chi connectivity index (χ1n) is 27.8. The molecule has 0 spiro atoms. The molecule has 94 heavy (non-hydrogen) atoms. The number of aromatic nitrogens is 3. The summed E-state index contributed by atoms with van der Waals surface area (Å²) in [6.07, 6.45) is 1.73. The summed E-state index contributed by atoms with van der Waals surface area (Å²) in [6.45, 7) is 11.6. The fourth-order valence-electron chi connectivity index (χ4n) is 8.80. The molecule has 0 aliphatic carbocycles. The van der Waals surface area contributed by atoms with Crippen molar-refractivity contribution in [1.82, 2.24) is 15.0 Å². The molecule has 4 amide bonds. The SMILES string of the molecule is CCN(CC)c1ccc(N=Nc2sc(/C=C(/C(C)=O)C(=O)Nc3cccc(C(N)=O)c3)c(S(=O)(=O)O)c2C#N)c(Nc2nc(Nc3cc(N(CC)CC)ccc3N=Nc3sc(/C=C(\C(C)=O)C(=O)Nc4cccc(C(N)=O)c4)c(S(=O)(=O)O)c3C#N)nc(SCCO)n2)c1. The van der Waals surface area contributed by atoms with Crippen LogP contribution in [0.3, 0.4) is 0 Å². The third-order valence-electron chi connectivity index (χ3n) is 13.2. The highest BCUT2D eigenvalue weighted by Gasteiger charge is 2.31. The summed E-state index contributed by atoms with van der Waals surface area (Å²) in [4.78, 5) is 91.6. The number of nitrogens with zero attached hydrogens (tertiary/aromatic N) is 11. The van der Waals surface area contributed by atoms with Crippen LogP contribution >= 0.6 is 34.4 Å². The molecule has 4 aromatic carbocycles. The summed E-state index contributed by atoms with van der Waals surface area (Å²) in [5.41, 5.74) is 10.1. The molecule has 30 nitrogen and oxygen atoms in total. The van der Waals surface area contributed by atoms with Gasteiger partial charge in [-0.05, 0) is 126 Å². The number of nitriles is 2. The number of benzene rings is 4. The Hall–Kier alpha value is -10.5. The Kier molecular flexibility index (Phi) is 23.6. The molecule has 7 rings (SSSR count). The number of aliphatic hydroxyl groups is 1. The summed E-state index contributed by atoms with van der Waals surface area (Å²) in [7, 11) is -10.5. The summed E-state index contributed by atoms with van der Waals surface area (Å²) in [5.74, 6) is -5.56. The first-order chi connectivity index (χ1) is 44.6. The van der Waals surface area contributed by atoms with Gasteiger partial charge in [0.2, 0.25) is 23.7 Å². The smallest absolute Gasteiger partial charge is 0.297 e. The summed E-state index contributed by atoms with van der Waals surface area (Å²) in [6, 6.07) is 24.2. The number of Topliss-reactive ketones (excluding diaryl/α,β-unsaturated/α-hetero) is 2. The molecular weight excluding hydrogens is 1320 g/mol. The van der Waals surface area contributed by atoms with E-state index in [0.717, 1.165) is 37.8 Å². The van der Waals surface area contributed by atoms with E-state index in [9.17, 15) is 70.3 Å². The van der Waals surface area contributed by atoms with Gasteiger partial charge in [0, 0.05) is 65.8 Å². The lowest BCUT2D eigenvalue weighted by molar-refractivity contribution is -0.120. The van der Waals surface area contributed by atoms with Crippen LogP contribution in [-0.2, 0) is 39.4 Å². The Morgan fingerprint density at radius 2 is 1.00 bits per heavy atom. The van der Waals surface area contributed by atoms with Crippen molar-refractivity contribution in [3.05, 3.63) is 128 Å². The Balaban J connectivity index is 1.31. The van der Waals surface area contributed by atoms with E-state index in [-0.39, 0.29) is 84.7 Å². The van der Waals surface area contributed by atoms with E-state index in [0.29, 0.717) is 60.2 Å². The van der Waals surface area contributed by atoms with Gasteiger partial charge in [0.15, 0.2) is 26.7 Å². The lowest BCUT2D eigenvalue weighted by atomic mass is 10.1. The Morgan fingerprint density at radius 1 is 0.606 bits per heavy atom. The molecule has 0 saturated heterocycles. The minimum absolute atomic E-state index is 0.0296. The maximum Gasteiger partial charge on any atom is 0.297 e. The average molecular weight is 1370 g/mol. The number of anilines is 8. The van der Waals surface area contributed by atoms with E-state index in [1.807, 2.05) is 37.5 Å². The largest absolute Gasteiger partial charge is 0.396 e. The molecule has 0 saturated carbocycles. The lowest BCUT2D eigenvalue weighted by Gasteiger charge is -2.22. The number of thioether (sulfide) groups is 1. The van der Waals surface area contributed by atoms with Crippen molar-refractivity contribution >= 4 is 169 Å². The lowest BCUT2D eigenvalue weighted by Crippen LogP contribution is -2.21. The number of nitrogens with two attached hydrogens (primary N) is 2. The topological polar surface area (TPSA) is 474 Å². The predicted octanol–water partition coefficient (Wildman–Crippen LogP) is 9.75. The highest BCUT2D eigenvalue weighted by Crippen LogP contribution is 2.44. The van der Waals surface area contributed by atoms with Crippen LogP contribution in [0.2, 0.25) is 0 Å². The van der Waals surface area contributed by atoms with Gasteiger partial charge in [0.1, 0.15) is 44.4 Å². The number of hydrogen-bond donors (Lipinski definition) is 9. The third-order valence-corrected chi connectivity index (χ3v) is 18.2. The molecule has 0 aliphatic heterocycles. The van der Waals surface area contributed by atoms with Gasteiger partial charge in [0.05, 0.1) is 38.9 Å². The Labute approximate surface area is 549 Å². The van der Waals surface area contributed by atoms with Crippen LogP contribution in [0.15, 0.2) is 131 Å². The van der Waals surface area contributed by atoms with Crippen LogP contribution in [0, 0.1) is 22.7 Å². The number of thiophene rings is 2. The van der Waals surface area contributed by atoms with Crippen LogP contribution in [-0.4, -0.2) is 120 Å². The number of carbonyl (C=O) groups excluding carboxylic acids is 6. The number of amides is 4. The number of aliphatic hydroxyl groups excluding tert-OH is 1. The predicted molar refractivity (Wildman–Crippen MR) is 355 cm³/mol. The van der Waals surface area contributed by atoms with Crippen LogP contribution in [0.5, 0.6) is 0 Å². The molecule has 11 N–H and O–H groups in total. The maximum atomic E-state index is 13.5. The number of rotatable bonds is 29. The first-order valence-corrected chi connectivity index (χ1v) is 33.3. The van der Waals surface area contributed by atoms with Crippen molar-refractivity contribution in [2.45, 2.75) is 56.5 Å². The van der Waals surface area contributed by atoms with E-state index in [2.05, 4.69) is 56.7 Å². The fraction of sp³-hybridized carbons (Fsp3) is 0.203. The van der Waals surface area contributed by atoms with Gasteiger partial charge in [-0.15, -0.1) is 43.1 Å². The number of hydrogen-bond acceptors (Lipinski definition) is 27. The minimum Gasteiger partial charge on any atom is -0.396 e. The molecular formula is C59H57N17O13S5. The molecule has 3 aromatic heterocycles. The van der Waals surface area contributed by atoms with E-state index in [1.165, 1.54) is 48.5 Å². The van der Waals surface area contributed by atoms with Crippen LogP contribution in [0.25, 0.3) is 12.2 Å². The zero-order valence-corrected chi connectivity index (χ0v) is 54.6. The fourth-order valence-corrected chi connectivity index (χ4v) is 13.6. The molecule has 0 bridgehead atoms. The quantitative estimate of drug-likeness (QED) is 0.00525. The molecule has 0 radical (unpaired) electrons. The van der Waals surface area contributed by atoms with Crippen molar-refractivity contribution in [1.29, 1.82) is 10.5 Å². The van der Waals surface area contributed by atoms with Crippen LogP contribution in [0.1, 0.15) is 83.1 Å². The monoisotopic (exact) mass is 1370 g/mol. The van der Waals surface area contributed by atoms with E-state index >= 15 is 0 Å². The van der Waals surface area contributed by atoms with Gasteiger partial charge in [-0.1, -0.05) is 23.9 Å². The Bertz CT molecular complexity index is 4340.